The minimum atomic E-state index is -1.37. The number of aliphatic carboxylic acids is 2. The highest BCUT2D eigenvalue weighted by molar-refractivity contribution is 5.93. The van der Waals surface area contributed by atoms with Gasteiger partial charge in [-0.1, -0.05) is 6.58 Å². The van der Waals surface area contributed by atoms with Crippen LogP contribution in [0, 0.1) is 0 Å². The standard InChI is InChI=1S/C8H12N2O5/c1-4(8(14)15)10-7(13)5(9)2-3-6(11)12/h5H,1-3,9H2,(H,10,13)(H,11,12)(H,14,15)/t5-/m0/s1. The van der Waals surface area contributed by atoms with E-state index >= 15 is 0 Å². The third kappa shape index (κ3) is 5.42. The van der Waals surface area contributed by atoms with E-state index in [1.54, 1.807) is 0 Å². The Morgan fingerprint density at radius 2 is 1.87 bits per heavy atom. The van der Waals surface area contributed by atoms with E-state index in [0.29, 0.717) is 0 Å². The maximum absolute atomic E-state index is 11.1. The van der Waals surface area contributed by atoms with Crippen molar-refractivity contribution in [3.63, 3.8) is 0 Å². The molecule has 0 bridgehead atoms. The minimum Gasteiger partial charge on any atom is -0.481 e. The fourth-order valence-corrected chi connectivity index (χ4v) is 0.705. The molecule has 0 saturated carbocycles. The Labute approximate surface area is 85.6 Å². The van der Waals surface area contributed by atoms with E-state index in [0.717, 1.165) is 0 Å². The summed E-state index contributed by atoms with van der Waals surface area (Å²) in [6, 6.07) is -1.06. The lowest BCUT2D eigenvalue weighted by atomic mass is 10.1. The van der Waals surface area contributed by atoms with Crippen molar-refractivity contribution in [1.29, 1.82) is 0 Å². The Bertz CT molecular complexity index is 299. The molecule has 0 aliphatic rings. The van der Waals surface area contributed by atoms with E-state index < -0.39 is 29.6 Å². The van der Waals surface area contributed by atoms with Crippen LogP contribution in [0.1, 0.15) is 12.8 Å². The summed E-state index contributed by atoms with van der Waals surface area (Å²) < 4.78 is 0. The number of carboxylic acids is 2. The van der Waals surface area contributed by atoms with Gasteiger partial charge in [0.15, 0.2) is 0 Å². The van der Waals surface area contributed by atoms with Gasteiger partial charge in [0.05, 0.1) is 6.04 Å². The quantitative estimate of drug-likeness (QED) is 0.417. The van der Waals surface area contributed by atoms with Crippen molar-refractivity contribution in [3.05, 3.63) is 12.3 Å². The molecule has 15 heavy (non-hydrogen) atoms. The van der Waals surface area contributed by atoms with Crippen molar-refractivity contribution in [3.8, 4) is 0 Å². The number of rotatable bonds is 6. The van der Waals surface area contributed by atoms with E-state index in [1.807, 2.05) is 5.32 Å². The lowest BCUT2D eigenvalue weighted by molar-refractivity contribution is -0.138. The normalized spacial score (nSPS) is 11.5. The summed E-state index contributed by atoms with van der Waals surface area (Å²) in [4.78, 5) is 31.5. The molecule has 0 aromatic rings. The van der Waals surface area contributed by atoms with Gasteiger partial charge >= 0.3 is 11.9 Å². The Hall–Kier alpha value is -1.89. The first-order valence-corrected chi connectivity index (χ1v) is 4.05. The molecule has 7 nitrogen and oxygen atoms in total. The third-order valence-corrected chi connectivity index (χ3v) is 1.54. The smallest absolute Gasteiger partial charge is 0.351 e. The molecule has 84 valence electrons. The minimum absolute atomic E-state index is 0.0614. The van der Waals surface area contributed by atoms with Crippen molar-refractivity contribution >= 4 is 17.8 Å². The molecular formula is C8H12N2O5. The first-order valence-electron chi connectivity index (χ1n) is 4.05. The molecule has 7 heteroatoms. The van der Waals surface area contributed by atoms with E-state index in [2.05, 4.69) is 6.58 Å². The molecule has 0 aliphatic heterocycles. The highest BCUT2D eigenvalue weighted by Crippen LogP contribution is 1.96. The summed E-state index contributed by atoms with van der Waals surface area (Å²) >= 11 is 0. The molecule has 0 fully saturated rings. The molecule has 0 radical (unpaired) electrons. The van der Waals surface area contributed by atoms with Crippen LogP contribution in [-0.4, -0.2) is 34.1 Å². The number of hydrogen-bond acceptors (Lipinski definition) is 4. The van der Waals surface area contributed by atoms with Crippen LogP contribution in [0.15, 0.2) is 12.3 Å². The van der Waals surface area contributed by atoms with Crippen LogP contribution in [0.4, 0.5) is 0 Å². The van der Waals surface area contributed by atoms with Gasteiger partial charge in [-0.15, -0.1) is 0 Å². The van der Waals surface area contributed by atoms with Crippen molar-refractivity contribution in [1.82, 2.24) is 5.32 Å². The molecule has 0 saturated heterocycles. The number of carbonyl (C=O) groups is 3. The van der Waals surface area contributed by atoms with Gasteiger partial charge in [0.25, 0.3) is 0 Å². The fraction of sp³-hybridized carbons (Fsp3) is 0.375. The van der Waals surface area contributed by atoms with Gasteiger partial charge in [-0.05, 0) is 6.42 Å². The van der Waals surface area contributed by atoms with Crippen molar-refractivity contribution in [2.45, 2.75) is 18.9 Å². The maximum atomic E-state index is 11.1. The second kappa shape index (κ2) is 5.76. The summed E-state index contributed by atoms with van der Waals surface area (Å²) in [5.41, 5.74) is 4.81. The van der Waals surface area contributed by atoms with Crippen molar-refractivity contribution in [2.75, 3.05) is 0 Å². The van der Waals surface area contributed by atoms with Gasteiger partial charge in [-0.3, -0.25) is 9.59 Å². The Morgan fingerprint density at radius 3 is 2.27 bits per heavy atom. The second-order valence-electron chi connectivity index (χ2n) is 2.81. The lowest BCUT2D eigenvalue weighted by Crippen LogP contribution is -2.41. The summed E-state index contributed by atoms with van der Waals surface area (Å²) in [6.45, 7) is 3.07. The maximum Gasteiger partial charge on any atom is 0.351 e. The Balaban J connectivity index is 4.04. The summed E-state index contributed by atoms with van der Waals surface area (Å²) in [5, 5.41) is 18.6. The highest BCUT2D eigenvalue weighted by Gasteiger charge is 2.17. The van der Waals surface area contributed by atoms with Crippen LogP contribution in [0.25, 0.3) is 0 Å². The van der Waals surface area contributed by atoms with Crippen LogP contribution in [0.3, 0.4) is 0 Å². The zero-order valence-electron chi connectivity index (χ0n) is 7.90. The van der Waals surface area contributed by atoms with E-state index in [9.17, 15) is 14.4 Å². The van der Waals surface area contributed by atoms with E-state index in [1.165, 1.54) is 0 Å². The average molecular weight is 216 g/mol. The zero-order valence-corrected chi connectivity index (χ0v) is 7.90. The van der Waals surface area contributed by atoms with Crippen molar-refractivity contribution < 1.29 is 24.6 Å². The number of hydrogen-bond donors (Lipinski definition) is 4. The molecular weight excluding hydrogens is 204 g/mol. The predicted octanol–water partition coefficient (Wildman–Crippen LogP) is -1.11. The number of carbonyl (C=O) groups excluding carboxylic acids is 1. The molecule has 0 aromatic carbocycles. The monoisotopic (exact) mass is 216 g/mol. The molecule has 5 N–H and O–H groups in total. The van der Waals surface area contributed by atoms with Gasteiger partial charge in [0, 0.05) is 6.42 Å². The largest absolute Gasteiger partial charge is 0.481 e. The summed E-state index contributed by atoms with van der Waals surface area (Å²) in [6.07, 6.45) is -0.317. The molecule has 0 aliphatic carbocycles. The first-order chi connectivity index (χ1) is 6.84. The number of carboxylic acid groups (broad SMARTS) is 2. The predicted molar refractivity (Wildman–Crippen MR) is 49.8 cm³/mol. The van der Waals surface area contributed by atoms with Gasteiger partial charge in [-0.25, -0.2) is 4.79 Å². The number of amides is 1. The first kappa shape index (κ1) is 13.1. The molecule has 0 heterocycles. The van der Waals surface area contributed by atoms with Crippen molar-refractivity contribution in [2.24, 2.45) is 5.73 Å². The topological polar surface area (TPSA) is 130 Å². The Morgan fingerprint density at radius 1 is 1.33 bits per heavy atom. The SMILES string of the molecule is C=C(NC(=O)[C@@H](N)CCC(=O)O)C(=O)O. The lowest BCUT2D eigenvalue weighted by Gasteiger charge is -2.10. The van der Waals surface area contributed by atoms with Crippen LogP contribution in [0.5, 0.6) is 0 Å². The molecule has 0 unspecified atom stereocenters. The van der Waals surface area contributed by atoms with Gasteiger partial charge < -0.3 is 21.3 Å². The van der Waals surface area contributed by atoms with Crippen LogP contribution in [-0.2, 0) is 14.4 Å². The van der Waals surface area contributed by atoms with E-state index in [-0.39, 0.29) is 12.8 Å². The highest BCUT2D eigenvalue weighted by atomic mass is 16.4. The fourth-order valence-electron chi connectivity index (χ4n) is 0.705. The van der Waals surface area contributed by atoms with Crippen LogP contribution < -0.4 is 11.1 Å². The van der Waals surface area contributed by atoms with Gasteiger partial charge in [-0.2, -0.15) is 0 Å². The van der Waals surface area contributed by atoms with Crippen LogP contribution >= 0.6 is 0 Å². The Kier molecular flexibility index (Phi) is 5.03. The molecule has 0 aromatic heterocycles. The molecule has 1 amide bonds. The number of nitrogens with one attached hydrogen (secondary N) is 1. The van der Waals surface area contributed by atoms with Crippen LogP contribution in [0.2, 0.25) is 0 Å². The summed E-state index contributed by atoms with van der Waals surface area (Å²) in [7, 11) is 0. The number of nitrogens with two attached hydrogens (primary N) is 1. The third-order valence-electron chi connectivity index (χ3n) is 1.54. The molecule has 0 spiro atoms. The van der Waals surface area contributed by atoms with Gasteiger partial charge in [0.1, 0.15) is 5.70 Å². The second-order valence-corrected chi connectivity index (χ2v) is 2.81. The molecule has 1 atom stereocenters. The van der Waals surface area contributed by atoms with E-state index in [4.69, 9.17) is 15.9 Å². The average Bonchev–Trinajstić information content (AvgIpc) is 2.13. The zero-order chi connectivity index (χ0) is 12.0. The molecule has 0 rings (SSSR count). The summed E-state index contributed by atoms with van der Waals surface area (Å²) in [5.74, 6) is -3.20. The van der Waals surface area contributed by atoms with Gasteiger partial charge in [0.2, 0.25) is 5.91 Å².